The summed E-state index contributed by atoms with van der Waals surface area (Å²) in [6.07, 6.45) is 0.606. The van der Waals surface area contributed by atoms with Gasteiger partial charge in [0.05, 0.1) is 12.9 Å². The van der Waals surface area contributed by atoms with Gasteiger partial charge in [0.2, 0.25) is 10.0 Å². The molecule has 0 radical (unpaired) electrons. The molecule has 0 amide bonds. The largest absolute Gasteiger partial charge is 0.496 e. The lowest BCUT2D eigenvalue weighted by molar-refractivity contribution is -0.142. The summed E-state index contributed by atoms with van der Waals surface area (Å²) in [5.74, 6) is -2.43. The number of ether oxygens (including phenoxy) is 2. The summed E-state index contributed by atoms with van der Waals surface area (Å²) in [5.41, 5.74) is 2.47. The zero-order valence-electron chi connectivity index (χ0n) is 19.5. The number of carbonyl (C=O) groups is 1. The van der Waals surface area contributed by atoms with Gasteiger partial charge in [-0.15, -0.1) is 0 Å². The number of carboxylic acids is 1. The van der Waals surface area contributed by atoms with Crippen molar-refractivity contribution >= 4 is 16.0 Å². The molecule has 1 atom stereocenters. The highest BCUT2D eigenvalue weighted by atomic mass is 32.2. The first kappa shape index (κ1) is 25.6. The van der Waals surface area contributed by atoms with E-state index in [1.807, 2.05) is 6.07 Å². The van der Waals surface area contributed by atoms with Gasteiger partial charge in [0.15, 0.2) is 11.6 Å². The predicted octanol–water partition coefficient (Wildman–Crippen LogP) is 4.60. The summed E-state index contributed by atoms with van der Waals surface area (Å²) in [6, 6.07) is 14.9. The number of benzene rings is 3. The van der Waals surface area contributed by atoms with Gasteiger partial charge < -0.3 is 14.6 Å². The summed E-state index contributed by atoms with van der Waals surface area (Å²) < 4.78 is 64.3. The maximum Gasteiger partial charge on any atom is 0.322 e. The molecule has 36 heavy (non-hydrogen) atoms. The summed E-state index contributed by atoms with van der Waals surface area (Å²) in [6.45, 7) is 0.161. The van der Waals surface area contributed by atoms with Crippen LogP contribution in [0.15, 0.2) is 60.7 Å². The van der Waals surface area contributed by atoms with E-state index < -0.39 is 33.7 Å². The molecule has 4 rings (SSSR count). The summed E-state index contributed by atoms with van der Waals surface area (Å²) in [4.78, 5) is 11.6. The van der Waals surface area contributed by atoms with Gasteiger partial charge in [0.25, 0.3) is 0 Å². The van der Waals surface area contributed by atoms with Gasteiger partial charge in [-0.2, -0.15) is 4.31 Å². The number of sulfonamides is 1. The first-order valence-electron chi connectivity index (χ1n) is 11.2. The molecule has 1 heterocycles. The van der Waals surface area contributed by atoms with Crippen molar-refractivity contribution in [3.8, 4) is 22.6 Å². The van der Waals surface area contributed by atoms with Crippen LogP contribution in [0.25, 0.3) is 11.1 Å². The van der Waals surface area contributed by atoms with Crippen molar-refractivity contribution < 1.29 is 36.6 Å². The first-order valence-corrected chi connectivity index (χ1v) is 12.9. The van der Waals surface area contributed by atoms with Crippen molar-refractivity contribution in [3.63, 3.8) is 0 Å². The fourth-order valence-electron chi connectivity index (χ4n) is 4.19. The molecule has 1 fully saturated rings. The molecule has 3 aromatic carbocycles. The Hall–Kier alpha value is -3.50. The molecule has 1 aliphatic rings. The van der Waals surface area contributed by atoms with Crippen molar-refractivity contribution in [1.82, 2.24) is 4.31 Å². The van der Waals surface area contributed by atoms with Crippen molar-refractivity contribution in [2.75, 3.05) is 12.9 Å². The maximum atomic E-state index is 13.7. The molecule has 0 saturated carbocycles. The van der Waals surface area contributed by atoms with Crippen LogP contribution in [-0.2, 0) is 28.0 Å². The van der Waals surface area contributed by atoms with Gasteiger partial charge in [-0.3, -0.25) is 4.79 Å². The van der Waals surface area contributed by atoms with Crippen LogP contribution in [0.1, 0.15) is 24.0 Å². The Morgan fingerprint density at radius 1 is 1.06 bits per heavy atom. The molecule has 7 nitrogen and oxygen atoms in total. The quantitative estimate of drug-likeness (QED) is 0.470. The highest BCUT2D eigenvalue weighted by Gasteiger charge is 2.38. The number of methoxy groups -OCH3 is 1. The lowest BCUT2D eigenvalue weighted by Crippen LogP contribution is -2.48. The number of aliphatic carboxylic acids is 1. The van der Waals surface area contributed by atoms with E-state index in [0.29, 0.717) is 28.9 Å². The molecule has 190 valence electrons. The van der Waals surface area contributed by atoms with E-state index in [2.05, 4.69) is 0 Å². The monoisotopic (exact) mass is 517 g/mol. The molecule has 1 saturated heterocycles. The van der Waals surface area contributed by atoms with Crippen LogP contribution < -0.4 is 9.47 Å². The minimum absolute atomic E-state index is 0.0299. The molecule has 0 unspecified atom stereocenters. The average molecular weight is 518 g/mol. The fraction of sp³-hybridized carbons (Fsp3) is 0.269. The molecule has 0 aliphatic carbocycles. The lowest BCUT2D eigenvalue weighted by Gasteiger charge is -2.32. The number of halogens is 2. The Morgan fingerprint density at radius 3 is 2.44 bits per heavy atom. The molecular formula is C26H25F2NO6S. The molecule has 1 aliphatic heterocycles. The van der Waals surface area contributed by atoms with Gasteiger partial charge in [0.1, 0.15) is 24.1 Å². The maximum absolute atomic E-state index is 13.7. The van der Waals surface area contributed by atoms with Gasteiger partial charge in [-0.05, 0) is 47.7 Å². The van der Waals surface area contributed by atoms with Crippen LogP contribution >= 0.6 is 0 Å². The van der Waals surface area contributed by atoms with Crippen LogP contribution in [0.3, 0.4) is 0 Å². The van der Waals surface area contributed by atoms with Crippen molar-refractivity contribution in [1.29, 1.82) is 0 Å². The third kappa shape index (κ3) is 5.66. The molecule has 0 aromatic heterocycles. The Bertz CT molecular complexity index is 1360. The first-order chi connectivity index (χ1) is 17.2. The Kier molecular flexibility index (Phi) is 7.56. The second-order valence-electron chi connectivity index (χ2n) is 8.46. The molecule has 0 spiro atoms. The van der Waals surface area contributed by atoms with Crippen LogP contribution in [0.4, 0.5) is 8.78 Å². The minimum atomic E-state index is -3.65. The normalized spacial score (nSPS) is 17.5. The number of carboxylic acid groups (broad SMARTS) is 1. The fourth-order valence-corrected chi connectivity index (χ4v) is 5.88. The van der Waals surface area contributed by atoms with Crippen LogP contribution in [-0.4, -0.2) is 42.7 Å². The summed E-state index contributed by atoms with van der Waals surface area (Å²) in [5, 5.41) is 9.46. The van der Waals surface area contributed by atoms with Crippen LogP contribution in [0.5, 0.6) is 11.5 Å². The van der Waals surface area contributed by atoms with Gasteiger partial charge in [0, 0.05) is 18.2 Å². The van der Waals surface area contributed by atoms with Gasteiger partial charge in [-0.1, -0.05) is 36.4 Å². The number of rotatable bonds is 8. The van der Waals surface area contributed by atoms with E-state index in [4.69, 9.17) is 9.47 Å². The van der Waals surface area contributed by atoms with E-state index in [9.17, 15) is 27.1 Å². The predicted molar refractivity (Wildman–Crippen MR) is 129 cm³/mol. The van der Waals surface area contributed by atoms with E-state index in [-0.39, 0.29) is 31.1 Å². The molecule has 1 N–H and O–H groups in total. The molecular weight excluding hydrogens is 492 g/mol. The average Bonchev–Trinajstić information content (AvgIpc) is 2.85. The number of hydrogen-bond acceptors (Lipinski definition) is 5. The molecule has 0 bridgehead atoms. The third-order valence-corrected chi connectivity index (χ3v) is 7.92. The Labute approximate surface area is 207 Å². The summed E-state index contributed by atoms with van der Waals surface area (Å²) >= 11 is 0. The smallest absolute Gasteiger partial charge is 0.322 e. The zero-order chi connectivity index (χ0) is 25.9. The zero-order valence-corrected chi connectivity index (χ0v) is 20.3. The van der Waals surface area contributed by atoms with Gasteiger partial charge in [-0.25, -0.2) is 17.2 Å². The van der Waals surface area contributed by atoms with E-state index in [0.717, 1.165) is 22.0 Å². The topological polar surface area (TPSA) is 93.1 Å². The van der Waals surface area contributed by atoms with E-state index in [1.165, 1.54) is 7.11 Å². The SMILES string of the molecule is COc1cc(F)c(F)cc1-c1ccc(OCc2cccc(CN3[C@@H](C(=O)O)CCCS3(=O)=O)c2)cc1. The van der Waals surface area contributed by atoms with Gasteiger partial charge >= 0.3 is 5.97 Å². The number of hydrogen-bond donors (Lipinski definition) is 1. The summed E-state index contributed by atoms with van der Waals surface area (Å²) in [7, 11) is -2.27. The Morgan fingerprint density at radius 2 is 1.75 bits per heavy atom. The molecule has 10 heteroatoms. The molecule has 3 aromatic rings. The second kappa shape index (κ2) is 10.6. The second-order valence-corrected chi connectivity index (χ2v) is 10.5. The van der Waals surface area contributed by atoms with Crippen molar-refractivity contribution in [2.45, 2.75) is 32.0 Å². The van der Waals surface area contributed by atoms with Crippen molar-refractivity contribution in [3.05, 3.63) is 83.4 Å². The lowest BCUT2D eigenvalue weighted by atomic mass is 10.0. The number of nitrogens with zero attached hydrogens (tertiary/aromatic N) is 1. The standard InChI is InChI=1S/C26H25F2NO6S/c1-34-25-14-23(28)22(27)13-21(25)19-7-9-20(10-8-19)35-16-18-5-2-4-17(12-18)15-29-24(26(30)31)6-3-11-36(29,32)33/h2,4-5,7-10,12-14,24H,3,6,11,15-16H2,1H3,(H,30,31)/t24-/m1/s1. The van der Waals surface area contributed by atoms with E-state index >= 15 is 0 Å². The van der Waals surface area contributed by atoms with Crippen LogP contribution in [0, 0.1) is 11.6 Å². The highest BCUT2D eigenvalue weighted by molar-refractivity contribution is 7.89. The van der Waals surface area contributed by atoms with E-state index in [1.54, 1.807) is 42.5 Å². The third-order valence-electron chi connectivity index (χ3n) is 6.01. The minimum Gasteiger partial charge on any atom is -0.496 e. The highest BCUT2D eigenvalue weighted by Crippen LogP contribution is 2.33. The Balaban J connectivity index is 1.45. The van der Waals surface area contributed by atoms with Crippen molar-refractivity contribution in [2.24, 2.45) is 0 Å². The van der Waals surface area contributed by atoms with Crippen LogP contribution in [0.2, 0.25) is 0 Å².